The summed E-state index contributed by atoms with van der Waals surface area (Å²) in [7, 11) is 0. The lowest BCUT2D eigenvalue weighted by Crippen LogP contribution is -2.41. The molecule has 14 heavy (non-hydrogen) atoms. The molecule has 0 aliphatic rings. The summed E-state index contributed by atoms with van der Waals surface area (Å²) < 4.78 is -1.06. The molecule has 0 bridgehead atoms. The molecule has 78 valence electrons. The van der Waals surface area contributed by atoms with Crippen LogP contribution in [0, 0.1) is 0 Å². The smallest absolute Gasteiger partial charge is 0.125 e. The van der Waals surface area contributed by atoms with E-state index < -0.39 is 10.5 Å². The summed E-state index contributed by atoms with van der Waals surface area (Å²) in [4.78, 5) is 0. The number of hydrogen-bond acceptors (Lipinski definition) is 0. The topological polar surface area (TPSA) is 0 Å². The molecule has 0 saturated carbocycles. The fraction of sp³-hybridized carbons (Fsp3) is 0.250. The van der Waals surface area contributed by atoms with Crippen LogP contribution in [0.3, 0.4) is 0 Å². The molecule has 0 heterocycles. The minimum absolute atomic E-state index is 0.0846. The Balaban J connectivity index is 3.15. The van der Waals surface area contributed by atoms with Crippen LogP contribution in [0.15, 0.2) is 30.3 Å². The van der Waals surface area contributed by atoms with Gasteiger partial charge in [-0.3, -0.25) is 0 Å². The van der Waals surface area contributed by atoms with E-state index in [1.54, 1.807) is 0 Å². The van der Waals surface area contributed by atoms with Gasteiger partial charge in [-0.15, -0.1) is 56.4 Å². The second-order valence-electron chi connectivity index (χ2n) is 2.80. The van der Waals surface area contributed by atoms with Crippen molar-refractivity contribution in [2.45, 2.75) is 4.50 Å². The van der Waals surface area contributed by atoms with Gasteiger partial charge in [0.15, 0.2) is 0 Å². The Labute approximate surface area is 108 Å². The van der Waals surface area contributed by atoms with Crippen LogP contribution in [0.25, 0.3) is 0 Å². The van der Waals surface area contributed by atoms with Crippen LogP contribution in [0.1, 0.15) is 5.56 Å². The molecule has 0 aliphatic carbocycles. The van der Waals surface area contributed by atoms with E-state index in [0.29, 0.717) is 0 Å². The van der Waals surface area contributed by atoms with Gasteiger partial charge in [-0.05, 0) is 5.56 Å². The van der Waals surface area contributed by atoms with Crippen LogP contribution in [-0.4, -0.2) is 11.9 Å². The zero-order chi connectivity index (χ0) is 10.8. The normalized spacial score (nSPS) is 16.4. The number of alkyl halides is 2. The Kier molecular flexibility index (Phi) is 4.45. The molecule has 6 heteroatoms. The molecule has 0 fully saturated rings. The van der Waals surface area contributed by atoms with Crippen molar-refractivity contribution in [3.05, 3.63) is 35.9 Å². The summed E-state index contributed by atoms with van der Waals surface area (Å²) in [5.41, 5.74) is 0.753. The fourth-order valence-corrected chi connectivity index (χ4v) is 4.74. The van der Waals surface area contributed by atoms with Gasteiger partial charge in [0, 0.05) is 5.88 Å². The van der Waals surface area contributed by atoms with Gasteiger partial charge < -0.3 is 0 Å². The first kappa shape index (κ1) is 13.0. The first-order valence-electron chi connectivity index (χ1n) is 3.79. The molecule has 0 radical (unpaired) electrons. The predicted molar refractivity (Wildman–Crippen MR) is 68.0 cm³/mol. The van der Waals surface area contributed by atoms with Crippen LogP contribution in [0.2, 0.25) is 0 Å². The van der Waals surface area contributed by atoms with Crippen LogP contribution >= 0.6 is 56.4 Å². The van der Waals surface area contributed by atoms with E-state index in [-0.39, 0.29) is 5.88 Å². The molecule has 0 N–H and O–H groups in total. The van der Waals surface area contributed by atoms with Gasteiger partial charge in [-0.1, -0.05) is 30.3 Å². The van der Waals surface area contributed by atoms with Crippen molar-refractivity contribution in [2.75, 3.05) is 5.88 Å². The molecule has 0 aliphatic heterocycles. The Hall–Kier alpha value is 0.887. The average molecular weight is 308 g/mol. The average Bonchev–Trinajstić information content (AvgIpc) is 2.16. The zero-order valence-corrected chi connectivity index (χ0v) is 11.8. The largest absolute Gasteiger partial charge is 0.366 e. The molecular formula is C8H7Cl5Si. The van der Waals surface area contributed by atoms with E-state index in [9.17, 15) is 0 Å². The molecule has 1 unspecified atom stereocenters. The van der Waals surface area contributed by atoms with Crippen molar-refractivity contribution in [1.82, 2.24) is 0 Å². The molecule has 1 aromatic rings. The molecular weight excluding hydrogens is 301 g/mol. The van der Waals surface area contributed by atoms with Crippen molar-refractivity contribution in [2.24, 2.45) is 0 Å². The van der Waals surface area contributed by atoms with Gasteiger partial charge in [0.25, 0.3) is 0 Å². The fourth-order valence-electron chi connectivity index (χ4n) is 1.02. The minimum Gasteiger partial charge on any atom is -0.125 e. The summed E-state index contributed by atoms with van der Waals surface area (Å²) >= 11 is 29.8. The first-order valence-corrected chi connectivity index (χ1v) is 9.74. The van der Waals surface area contributed by atoms with Crippen molar-refractivity contribution < 1.29 is 0 Å². The van der Waals surface area contributed by atoms with Crippen LogP contribution in [-0.2, 0) is 4.50 Å². The van der Waals surface area contributed by atoms with Crippen LogP contribution < -0.4 is 0 Å². The SMILES string of the molecule is ClCC(Cl)(c1ccccc1)[Si](Cl)(Cl)Cl. The van der Waals surface area contributed by atoms with Crippen molar-refractivity contribution in [1.29, 1.82) is 0 Å². The Morgan fingerprint density at radius 3 is 1.93 bits per heavy atom. The maximum Gasteiger partial charge on any atom is 0.366 e. The third-order valence-electron chi connectivity index (χ3n) is 1.86. The number of hydrogen-bond donors (Lipinski definition) is 0. The lowest BCUT2D eigenvalue weighted by molar-refractivity contribution is 0.968. The van der Waals surface area contributed by atoms with Crippen LogP contribution in [0.4, 0.5) is 0 Å². The molecule has 0 saturated heterocycles. The van der Waals surface area contributed by atoms with Gasteiger partial charge >= 0.3 is 6.00 Å². The highest BCUT2D eigenvalue weighted by Crippen LogP contribution is 2.46. The van der Waals surface area contributed by atoms with Crippen LogP contribution in [0.5, 0.6) is 0 Å². The second kappa shape index (κ2) is 4.81. The van der Waals surface area contributed by atoms with Crippen molar-refractivity contribution in [3.63, 3.8) is 0 Å². The van der Waals surface area contributed by atoms with E-state index >= 15 is 0 Å². The number of rotatable bonds is 3. The molecule has 1 aromatic carbocycles. The van der Waals surface area contributed by atoms with Crippen molar-refractivity contribution >= 4 is 62.4 Å². The highest BCUT2D eigenvalue weighted by Gasteiger charge is 2.51. The molecule has 1 atom stereocenters. The Bertz CT molecular complexity index is 296. The highest BCUT2D eigenvalue weighted by atomic mass is 35.8. The summed E-state index contributed by atoms with van der Waals surface area (Å²) in [5, 5.41) is 0. The maximum atomic E-state index is 6.26. The highest BCUT2D eigenvalue weighted by molar-refractivity contribution is 7.66. The lowest BCUT2D eigenvalue weighted by atomic mass is 10.1. The molecule has 0 nitrogen and oxygen atoms in total. The quantitative estimate of drug-likeness (QED) is 0.436. The second-order valence-corrected chi connectivity index (χ2v) is 12.7. The van der Waals surface area contributed by atoms with E-state index in [4.69, 9.17) is 56.4 Å². The predicted octanol–water partition coefficient (Wildman–Crippen LogP) is 4.55. The molecule has 0 spiro atoms. The third kappa shape index (κ3) is 2.52. The first-order chi connectivity index (χ1) is 6.42. The third-order valence-corrected chi connectivity index (χ3v) is 8.97. The van der Waals surface area contributed by atoms with E-state index in [1.165, 1.54) is 0 Å². The van der Waals surface area contributed by atoms with E-state index in [0.717, 1.165) is 5.56 Å². The maximum absolute atomic E-state index is 6.26. The Morgan fingerprint density at radius 2 is 1.57 bits per heavy atom. The number of benzene rings is 1. The minimum atomic E-state index is -3.10. The summed E-state index contributed by atoms with van der Waals surface area (Å²) in [6, 6.07) is 6.06. The van der Waals surface area contributed by atoms with E-state index in [1.807, 2.05) is 30.3 Å². The van der Waals surface area contributed by atoms with Gasteiger partial charge in [0.2, 0.25) is 0 Å². The van der Waals surface area contributed by atoms with Gasteiger partial charge in [0.05, 0.1) is 0 Å². The zero-order valence-electron chi connectivity index (χ0n) is 6.98. The van der Waals surface area contributed by atoms with Gasteiger partial charge in [-0.2, -0.15) is 0 Å². The lowest BCUT2D eigenvalue weighted by Gasteiger charge is -2.30. The summed E-state index contributed by atoms with van der Waals surface area (Å²) in [5.74, 6) is 0.0846. The van der Waals surface area contributed by atoms with E-state index in [2.05, 4.69) is 0 Å². The standard InChI is InChI=1S/C8H7Cl5Si/c9-6-8(10,14(11,12)13)7-4-2-1-3-5-7/h1-5H,6H2. The monoisotopic (exact) mass is 306 g/mol. The summed E-state index contributed by atoms with van der Waals surface area (Å²) in [6.07, 6.45) is 0. The summed E-state index contributed by atoms with van der Waals surface area (Å²) in [6.45, 7) is 0. The van der Waals surface area contributed by atoms with Crippen molar-refractivity contribution in [3.8, 4) is 0 Å². The molecule has 0 amide bonds. The Morgan fingerprint density at radius 1 is 1.07 bits per heavy atom. The van der Waals surface area contributed by atoms with Gasteiger partial charge in [-0.25, -0.2) is 0 Å². The number of halogens is 5. The molecule has 0 aromatic heterocycles. The van der Waals surface area contributed by atoms with Gasteiger partial charge in [0.1, 0.15) is 4.50 Å². The molecule has 1 rings (SSSR count).